The predicted molar refractivity (Wildman–Crippen MR) is 163 cm³/mol. The molecule has 2 unspecified atom stereocenters. The van der Waals surface area contributed by atoms with Crippen LogP contribution in [0.2, 0.25) is 0 Å². The second-order valence-corrected chi connectivity index (χ2v) is 11.8. The molecule has 0 saturated heterocycles. The van der Waals surface area contributed by atoms with Crippen LogP contribution in [-0.4, -0.2) is 0 Å². The zero-order valence-corrected chi connectivity index (χ0v) is 25.2. The van der Waals surface area contributed by atoms with Crippen LogP contribution in [-0.2, 0) is 0 Å². The van der Waals surface area contributed by atoms with Gasteiger partial charge in [0, 0.05) is 0 Å². The topological polar surface area (TPSA) is 0 Å². The van der Waals surface area contributed by atoms with E-state index < -0.39 is 0 Å². The molecule has 0 aromatic heterocycles. The Labute approximate surface area is 224 Å². The maximum absolute atomic E-state index is 4.25. The minimum Gasteiger partial charge on any atom is -0.100 e. The summed E-state index contributed by atoms with van der Waals surface area (Å²) in [5.41, 5.74) is 1.39. The van der Waals surface area contributed by atoms with Crippen molar-refractivity contribution in [3.63, 3.8) is 0 Å². The summed E-state index contributed by atoms with van der Waals surface area (Å²) in [6.07, 6.45) is 40.2. The first-order valence-corrected chi connectivity index (χ1v) is 16.4. The lowest BCUT2D eigenvalue weighted by Gasteiger charge is -2.21. The van der Waals surface area contributed by atoms with Crippen LogP contribution < -0.4 is 0 Å². The Balaban J connectivity index is 4.04. The van der Waals surface area contributed by atoms with Gasteiger partial charge in [0.15, 0.2) is 0 Å². The highest BCUT2D eigenvalue weighted by molar-refractivity contribution is 4.91. The largest absolute Gasteiger partial charge is 0.100 e. The highest BCUT2D eigenvalue weighted by atomic mass is 14.2. The van der Waals surface area contributed by atoms with Crippen LogP contribution in [0.4, 0.5) is 0 Å². The molecule has 0 aliphatic heterocycles. The molecule has 0 aromatic rings. The first-order chi connectivity index (χ1) is 17.1. The average molecular weight is 489 g/mol. The third-order valence-corrected chi connectivity index (χ3v) is 7.89. The fourth-order valence-corrected chi connectivity index (χ4v) is 5.65. The molecular weight excluding hydrogens is 420 g/mol. The molecule has 0 amide bonds. The van der Waals surface area contributed by atoms with E-state index in [0.717, 1.165) is 11.8 Å². The summed E-state index contributed by atoms with van der Waals surface area (Å²) >= 11 is 0. The maximum atomic E-state index is 4.25. The summed E-state index contributed by atoms with van der Waals surface area (Å²) in [5, 5.41) is 0. The summed E-state index contributed by atoms with van der Waals surface area (Å²) in [4.78, 5) is 0. The van der Waals surface area contributed by atoms with Gasteiger partial charge in [0.1, 0.15) is 0 Å². The summed E-state index contributed by atoms with van der Waals surface area (Å²) in [6.45, 7) is 13.5. The van der Waals surface area contributed by atoms with Crippen LogP contribution in [0.1, 0.15) is 188 Å². The van der Waals surface area contributed by atoms with Crippen LogP contribution in [0.3, 0.4) is 0 Å². The number of unbranched alkanes of at least 4 members (excludes halogenated alkanes) is 16. The van der Waals surface area contributed by atoms with Crippen molar-refractivity contribution >= 4 is 0 Å². The van der Waals surface area contributed by atoms with Crippen LogP contribution in [0, 0.1) is 11.8 Å². The molecule has 0 spiro atoms. The van der Waals surface area contributed by atoms with Gasteiger partial charge in [-0.2, -0.15) is 0 Å². The molecule has 35 heavy (non-hydrogen) atoms. The fraction of sp³-hybridized carbons (Fsp3) is 0.886. The molecule has 0 N–H and O–H groups in total. The Morgan fingerprint density at radius 2 is 1.00 bits per heavy atom. The van der Waals surface area contributed by atoms with Crippen LogP contribution in [0.25, 0.3) is 0 Å². The van der Waals surface area contributed by atoms with E-state index in [9.17, 15) is 0 Å². The van der Waals surface area contributed by atoms with E-state index >= 15 is 0 Å². The van der Waals surface area contributed by atoms with Gasteiger partial charge in [0.05, 0.1) is 0 Å². The Kier molecular flexibility index (Phi) is 27.6. The molecule has 0 aromatic carbocycles. The molecule has 208 valence electrons. The minimum absolute atomic E-state index is 0.873. The monoisotopic (exact) mass is 489 g/mol. The van der Waals surface area contributed by atoms with Crippen molar-refractivity contribution in [1.82, 2.24) is 0 Å². The van der Waals surface area contributed by atoms with E-state index in [1.54, 1.807) is 0 Å². The molecular formula is C35H68. The van der Waals surface area contributed by atoms with Gasteiger partial charge in [-0.05, 0) is 57.3 Å². The molecule has 0 heteroatoms. The zero-order valence-electron chi connectivity index (χ0n) is 25.2. The minimum atomic E-state index is 0.873. The van der Waals surface area contributed by atoms with E-state index in [2.05, 4.69) is 46.4 Å². The van der Waals surface area contributed by atoms with Gasteiger partial charge >= 0.3 is 0 Å². The molecule has 2 atom stereocenters. The Hall–Kier alpha value is -0.520. The predicted octanol–water partition coefficient (Wildman–Crippen LogP) is 13.2. The van der Waals surface area contributed by atoms with Gasteiger partial charge in [-0.15, -0.1) is 6.58 Å². The van der Waals surface area contributed by atoms with E-state index in [1.165, 1.54) is 166 Å². The number of allylic oxidation sites excluding steroid dienone is 3. The second-order valence-electron chi connectivity index (χ2n) is 11.8. The Bertz CT molecular complexity index is 445. The first kappa shape index (κ1) is 34.5. The van der Waals surface area contributed by atoms with Gasteiger partial charge in [-0.3, -0.25) is 0 Å². The quantitative estimate of drug-likeness (QED) is 0.0758. The van der Waals surface area contributed by atoms with Crippen molar-refractivity contribution in [3.8, 4) is 0 Å². The molecule has 0 aliphatic rings. The first-order valence-electron chi connectivity index (χ1n) is 16.4. The van der Waals surface area contributed by atoms with Crippen molar-refractivity contribution < 1.29 is 0 Å². The molecule has 0 fully saturated rings. The molecule has 0 bridgehead atoms. The van der Waals surface area contributed by atoms with Crippen LogP contribution >= 0.6 is 0 Å². The molecule has 0 saturated carbocycles. The molecule has 0 rings (SSSR count). The number of hydrogen-bond donors (Lipinski definition) is 0. The smallest absolute Gasteiger partial charge is 0.0297 e. The lowest BCUT2D eigenvalue weighted by Crippen LogP contribution is -2.07. The lowest BCUT2D eigenvalue weighted by atomic mass is 9.85. The molecule has 0 nitrogen and oxygen atoms in total. The van der Waals surface area contributed by atoms with Gasteiger partial charge in [-0.1, -0.05) is 160 Å². The Morgan fingerprint density at radius 1 is 0.514 bits per heavy atom. The van der Waals surface area contributed by atoms with Gasteiger partial charge in [0.25, 0.3) is 0 Å². The Morgan fingerprint density at radius 3 is 1.51 bits per heavy atom. The second kappa shape index (κ2) is 28.1. The van der Waals surface area contributed by atoms with E-state index in [4.69, 9.17) is 0 Å². The van der Waals surface area contributed by atoms with E-state index in [1.807, 2.05) is 0 Å². The molecule has 0 radical (unpaired) electrons. The third kappa shape index (κ3) is 26.4. The molecule has 0 heterocycles. The van der Waals surface area contributed by atoms with Crippen LogP contribution in [0.5, 0.6) is 0 Å². The molecule has 0 aliphatic carbocycles. The zero-order chi connectivity index (χ0) is 25.8. The SMILES string of the molecule is C=C(C)CC(CCCCCCCCCCCC)CCC(CC=CCCCCCCCCC)CCC. The highest BCUT2D eigenvalue weighted by Gasteiger charge is 2.13. The van der Waals surface area contributed by atoms with Crippen molar-refractivity contribution in [2.75, 3.05) is 0 Å². The maximum Gasteiger partial charge on any atom is -0.0297 e. The van der Waals surface area contributed by atoms with Crippen molar-refractivity contribution in [2.45, 2.75) is 188 Å². The van der Waals surface area contributed by atoms with Crippen molar-refractivity contribution in [1.29, 1.82) is 0 Å². The summed E-state index contributed by atoms with van der Waals surface area (Å²) < 4.78 is 0. The van der Waals surface area contributed by atoms with Crippen LogP contribution in [0.15, 0.2) is 24.3 Å². The summed E-state index contributed by atoms with van der Waals surface area (Å²) in [6, 6.07) is 0. The van der Waals surface area contributed by atoms with Gasteiger partial charge in [-0.25, -0.2) is 0 Å². The number of hydrogen-bond acceptors (Lipinski definition) is 0. The normalized spacial score (nSPS) is 13.5. The standard InChI is InChI=1S/C35H68/c1-6-9-11-13-15-17-19-21-23-25-28-34(27-8-3)30-31-35(32-33(4)5)29-26-24-22-20-18-16-14-12-10-7-2/h23,25,34-35H,4,6-22,24,26-32H2,1-3,5H3. The van der Waals surface area contributed by atoms with Gasteiger partial charge < -0.3 is 0 Å². The summed E-state index contributed by atoms with van der Waals surface area (Å²) in [7, 11) is 0. The number of rotatable bonds is 28. The van der Waals surface area contributed by atoms with E-state index in [0.29, 0.717) is 0 Å². The van der Waals surface area contributed by atoms with Crippen molar-refractivity contribution in [2.24, 2.45) is 11.8 Å². The van der Waals surface area contributed by atoms with Crippen molar-refractivity contribution in [3.05, 3.63) is 24.3 Å². The third-order valence-electron chi connectivity index (χ3n) is 7.89. The highest BCUT2D eigenvalue weighted by Crippen LogP contribution is 2.28. The fourth-order valence-electron chi connectivity index (χ4n) is 5.65. The average Bonchev–Trinajstić information content (AvgIpc) is 2.84. The lowest BCUT2D eigenvalue weighted by molar-refractivity contribution is 0.350. The summed E-state index contributed by atoms with van der Waals surface area (Å²) in [5.74, 6) is 1.77. The van der Waals surface area contributed by atoms with Gasteiger partial charge in [0.2, 0.25) is 0 Å². The van der Waals surface area contributed by atoms with E-state index in [-0.39, 0.29) is 0 Å².